The average Bonchev–Trinajstić information content (AvgIpc) is 2.35. The van der Waals surface area contributed by atoms with Gasteiger partial charge in [-0.05, 0) is 30.5 Å². The van der Waals surface area contributed by atoms with Crippen molar-refractivity contribution in [1.82, 2.24) is 4.90 Å². The molecule has 0 saturated heterocycles. The van der Waals surface area contributed by atoms with Crippen LogP contribution in [0.25, 0.3) is 0 Å². The van der Waals surface area contributed by atoms with Crippen molar-refractivity contribution >= 4 is 17.5 Å². The van der Waals surface area contributed by atoms with Crippen LogP contribution in [-0.4, -0.2) is 37.4 Å². The summed E-state index contributed by atoms with van der Waals surface area (Å²) in [7, 11) is 3.43. The van der Waals surface area contributed by atoms with E-state index >= 15 is 0 Å². The molecule has 0 aromatic heterocycles. The van der Waals surface area contributed by atoms with E-state index in [4.69, 9.17) is 16.3 Å². The first kappa shape index (κ1) is 13.8. The van der Waals surface area contributed by atoms with Crippen LogP contribution in [-0.2, 0) is 11.2 Å². The first-order chi connectivity index (χ1) is 8.08. The Hall–Kier alpha value is -1.22. The smallest absolute Gasteiger partial charge is 0.237 e. The number of aryl methyl sites for hydroxylation is 1. The van der Waals surface area contributed by atoms with Gasteiger partial charge in [0.05, 0.1) is 7.11 Å². The molecule has 0 saturated carbocycles. The van der Waals surface area contributed by atoms with Gasteiger partial charge in [0, 0.05) is 13.6 Å². The van der Waals surface area contributed by atoms with Gasteiger partial charge in [0.15, 0.2) is 0 Å². The fraction of sp³-hybridized carbons (Fsp3) is 0.462. The molecule has 0 radical (unpaired) electrons. The van der Waals surface area contributed by atoms with Crippen molar-refractivity contribution in [3.05, 3.63) is 29.3 Å². The van der Waals surface area contributed by atoms with Gasteiger partial charge in [-0.1, -0.05) is 12.1 Å². The molecule has 17 heavy (non-hydrogen) atoms. The first-order valence-electron chi connectivity index (χ1n) is 5.52. The van der Waals surface area contributed by atoms with Crippen LogP contribution in [0.2, 0.25) is 0 Å². The van der Waals surface area contributed by atoms with Gasteiger partial charge in [0.25, 0.3) is 0 Å². The van der Waals surface area contributed by atoms with Crippen LogP contribution in [0.1, 0.15) is 11.1 Å². The number of hydrogen-bond acceptors (Lipinski definition) is 2. The Kier molecular flexibility index (Phi) is 5.29. The normalized spacial score (nSPS) is 10.1. The lowest BCUT2D eigenvalue weighted by atomic mass is 10.1. The standard InChI is InChI=1S/C13H18ClNO2/c1-10-8-11(4-5-12(10)17-3)6-7-15(2)13(16)9-14/h4-5,8H,6-7,9H2,1-3H3. The summed E-state index contributed by atoms with van der Waals surface area (Å²) in [6.45, 7) is 2.69. The van der Waals surface area contributed by atoms with E-state index in [-0.39, 0.29) is 11.8 Å². The largest absolute Gasteiger partial charge is 0.496 e. The Morgan fingerprint density at radius 3 is 2.71 bits per heavy atom. The Balaban J connectivity index is 2.58. The summed E-state index contributed by atoms with van der Waals surface area (Å²) in [6, 6.07) is 6.05. The van der Waals surface area contributed by atoms with Crippen LogP contribution >= 0.6 is 11.6 Å². The maximum Gasteiger partial charge on any atom is 0.237 e. The van der Waals surface area contributed by atoms with Gasteiger partial charge in [-0.15, -0.1) is 11.6 Å². The van der Waals surface area contributed by atoms with Crippen LogP contribution in [0.4, 0.5) is 0 Å². The van der Waals surface area contributed by atoms with Gasteiger partial charge < -0.3 is 9.64 Å². The van der Waals surface area contributed by atoms with Crippen LogP contribution in [0.15, 0.2) is 18.2 Å². The molecule has 1 rings (SSSR count). The molecule has 1 aromatic rings. The number of likely N-dealkylation sites (N-methyl/N-ethyl adjacent to an activating group) is 1. The van der Waals surface area contributed by atoms with Gasteiger partial charge >= 0.3 is 0 Å². The van der Waals surface area contributed by atoms with Crippen LogP contribution < -0.4 is 4.74 Å². The molecule has 3 nitrogen and oxygen atoms in total. The molecule has 0 unspecified atom stereocenters. The third-order valence-electron chi connectivity index (χ3n) is 2.74. The first-order valence-corrected chi connectivity index (χ1v) is 6.05. The highest BCUT2D eigenvalue weighted by Gasteiger charge is 2.07. The molecule has 0 aliphatic carbocycles. The lowest BCUT2D eigenvalue weighted by Gasteiger charge is -2.16. The van der Waals surface area contributed by atoms with Crippen molar-refractivity contribution in [2.75, 3.05) is 26.6 Å². The van der Waals surface area contributed by atoms with E-state index < -0.39 is 0 Å². The summed E-state index contributed by atoms with van der Waals surface area (Å²) < 4.78 is 5.20. The van der Waals surface area contributed by atoms with E-state index in [0.29, 0.717) is 6.54 Å². The third kappa shape index (κ3) is 3.93. The second-order valence-electron chi connectivity index (χ2n) is 4.00. The zero-order valence-corrected chi connectivity index (χ0v) is 11.3. The van der Waals surface area contributed by atoms with Crippen LogP contribution in [0.3, 0.4) is 0 Å². The minimum Gasteiger partial charge on any atom is -0.496 e. The topological polar surface area (TPSA) is 29.5 Å². The lowest BCUT2D eigenvalue weighted by molar-refractivity contribution is -0.127. The highest BCUT2D eigenvalue weighted by molar-refractivity contribution is 6.27. The summed E-state index contributed by atoms with van der Waals surface area (Å²) in [5, 5.41) is 0. The van der Waals surface area contributed by atoms with Crippen molar-refractivity contribution in [3.63, 3.8) is 0 Å². The second-order valence-corrected chi connectivity index (χ2v) is 4.27. The number of carbonyl (C=O) groups excluding carboxylic acids is 1. The van der Waals surface area contributed by atoms with Gasteiger partial charge in [0.2, 0.25) is 5.91 Å². The molecule has 0 spiro atoms. The van der Waals surface area contributed by atoms with Crippen molar-refractivity contribution in [3.8, 4) is 5.75 Å². The molecule has 1 aromatic carbocycles. The van der Waals surface area contributed by atoms with Crippen molar-refractivity contribution in [2.24, 2.45) is 0 Å². The fourth-order valence-electron chi connectivity index (χ4n) is 1.62. The number of nitrogens with zero attached hydrogens (tertiary/aromatic N) is 1. The maximum atomic E-state index is 11.3. The highest BCUT2D eigenvalue weighted by atomic mass is 35.5. The van der Waals surface area contributed by atoms with Crippen molar-refractivity contribution < 1.29 is 9.53 Å². The Morgan fingerprint density at radius 2 is 2.18 bits per heavy atom. The van der Waals surface area contributed by atoms with E-state index in [1.54, 1.807) is 19.1 Å². The molecule has 94 valence electrons. The average molecular weight is 256 g/mol. The third-order valence-corrected chi connectivity index (χ3v) is 2.96. The summed E-state index contributed by atoms with van der Waals surface area (Å²) in [5.41, 5.74) is 2.30. The van der Waals surface area contributed by atoms with Crippen LogP contribution in [0.5, 0.6) is 5.75 Å². The summed E-state index contributed by atoms with van der Waals surface area (Å²) >= 11 is 5.49. The molecule has 0 aliphatic heterocycles. The predicted octanol–water partition coefficient (Wildman–Crippen LogP) is 2.24. The zero-order valence-electron chi connectivity index (χ0n) is 10.5. The minimum absolute atomic E-state index is 0.0398. The number of benzene rings is 1. The predicted molar refractivity (Wildman–Crippen MR) is 69.8 cm³/mol. The molecule has 0 heterocycles. The molecule has 0 aliphatic rings. The minimum atomic E-state index is -0.0445. The quantitative estimate of drug-likeness (QED) is 0.756. The molecular formula is C13H18ClNO2. The number of alkyl halides is 1. The summed E-state index contributed by atoms with van der Waals surface area (Å²) in [4.78, 5) is 12.9. The highest BCUT2D eigenvalue weighted by Crippen LogP contribution is 2.18. The van der Waals surface area contributed by atoms with Gasteiger partial charge in [-0.3, -0.25) is 4.79 Å². The number of rotatable bonds is 5. The molecular weight excluding hydrogens is 238 g/mol. The van der Waals surface area contributed by atoms with Gasteiger partial charge in [-0.2, -0.15) is 0 Å². The number of carbonyl (C=O) groups is 1. The van der Waals surface area contributed by atoms with Crippen molar-refractivity contribution in [2.45, 2.75) is 13.3 Å². The van der Waals surface area contributed by atoms with Crippen LogP contribution in [0, 0.1) is 6.92 Å². The van der Waals surface area contributed by atoms with E-state index in [9.17, 15) is 4.79 Å². The van der Waals surface area contributed by atoms with Gasteiger partial charge in [-0.25, -0.2) is 0 Å². The molecule has 0 atom stereocenters. The molecule has 0 bridgehead atoms. The van der Waals surface area contributed by atoms with E-state index in [0.717, 1.165) is 17.7 Å². The Morgan fingerprint density at radius 1 is 1.47 bits per heavy atom. The maximum absolute atomic E-state index is 11.3. The summed E-state index contributed by atoms with van der Waals surface area (Å²) in [5.74, 6) is 0.883. The number of amides is 1. The lowest BCUT2D eigenvalue weighted by Crippen LogP contribution is -2.29. The molecule has 1 amide bonds. The number of methoxy groups -OCH3 is 1. The van der Waals surface area contributed by atoms with E-state index in [1.807, 2.05) is 19.1 Å². The Bertz CT molecular complexity index is 393. The molecule has 0 fully saturated rings. The van der Waals surface area contributed by atoms with Gasteiger partial charge in [0.1, 0.15) is 11.6 Å². The zero-order chi connectivity index (χ0) is 12.8. The number of hydrogen-bond donors (Lipinski definition) is 0. The monoisotopic (exact) mass is 255 g/mol. The second kappa shape index (κ2) is 6.50. The van der Waals surface area contributed by atoms with Crippen molar-refractivity contribution in [1.29, 1.82) is 0 Å². The SMILES string of the molecule is COc1ccc(CCN(C)C(=O)CCl)cc1C. The van der Waals surface area contributed by atoms with E-state index in [1.165, 1.54) is 5.56 Å². The Labute approximate surface area is 107 Å². The number of halogens is 1. The van der Waals surface area contributed by atoms with E-state index in [2.05, 4.69) is 6.07 Å². The molecule has 0 N–H and O–H groups in total. The number of ether oxygens (including phenoxy) is 1. The fourth-order valence-corrected chi connectivity index (χ4v) is 1.82. The molecule has 4 heteroatoms. The summed E-state index contributed by atoms with van der Waals surface area (Å²) in [6.07, 6.45) is 0.823.